The van der Waals surface area contributed by atoms with E-state index in [1.807, 2.05) is 68.5 Å². The molecule has 0 saturated heterocycles. The Balaban J connectivity index is 0.00000300. The van der Waals surface area contributed by atoms with E-state index in [1.165, 1.54) is 11.5 Å². The average molecular weight is 496 g/mol. The molecule has 0 unspecified atom stereocenters. The van der Waals surface area contributed by atoms with Crippen LogP contribution in [0.25, 0.3) is 0 Å². The number of aromatic nitrogens is 2. The third-order valence-electron chi connectivity index (χ3n) is 4.31. The minimum absolute atomic E-state index is 0. The molecule has 0 radical (unpaired) electrons. The third kappa shape index (κ3) is 6.52. The molecule has 0 amide bonds. The number of nitrogens with zero attached hydrogens (tertiary/aromatic N) is 4. The quantitative estimate of drug-likeness (QED) is 0.282. The first-order valence-electron chi connectivity index (χ1n) is 9.05. The van der Waals surface area contributed by atoms with Crippen molar-refractivity contribution in [3.8, 4) is 10.9 Å². The van der Waals surface area contributed by atoms with E-state index in [2.05, 4.69) is 21.3 Å². The van der Waals surface area contributed by atoms with Crippen LogP contribution in [0, 0.1) is 13.8 Å². The van der Waals surface area contributed by atoms with Crippen LogP contribution in [0.5, 0.6) is 10.9 Å². The number of rotatable bonds is 7. The van der Waals surface area contributed by atoms with Crippen LogP contribution >= 0.6 is 40.1 Å². The number of hydrogen-bond donors (Lipinski definition) is 0. The van der Waals surface area contributed by atoms with Crippen LogP contribution in [0.4, 0.5) is 5.69 Å². The van der Waals surface area contributed by atoms with Gasteiger partial charge in [-0.2, -0.15) is 9.36 Å². The van der Waals surface area contributed by atoms with Gasteiger partial charge in [0.2, 0.25) is 0 Å². The number of hydrogen-bond acceptors (Lipinski definition) is 5. The molecule has 0 spiro atoms. The van der Waals surface area contributed by atoms with Crippen molar-refractivity contribution in [2.24, 2.45) is 4.99 Å². The van der Waals surface area contributed by atoms with Gasteiger partial charge >= 0.3 is 0 Å². The minimum atomic E-state index is 0. The molecule has 0 aliphatic rings. The summed E-state index contributed by atoms with van der Waals surface area (Å²) in [5.74, 6) is 1.51. The fourth-order valence-corrected chi connectivity index (χ4v) is 3.18. The SMILES string of the molecule is Br.CCN(C)/C=N\c1cc(C)c(Oc2nc(Cc3ccc(Cl)cc3)ns2)cc1C. The highest BCUT2D eigenvalue weighted by Crippen LogP contribution is 2.32. The second-order valence-electron chi connectivity index (χ2n) is 6.60. The first-order valence-corrected chi connectivity index (χ1v) is 10.2. The Bertz CT molecular complexity index is 975. The van der Waals surface area contributed by atoms with Gasteiger partial charge in [-0.3, -0.25) is 0 Å². The summed E-state index contributed by atoms with van der Waals surface area (Å²) >= 11 is 7.19. The lowest BCUT2D eigenvalue weighted by molar-refractivity contribution is 0.473. The lowest BCUT2D eigenvalue weighted by Crippen LogP contribution is -2.14. The van der Waals surface area contributed by atoms with E-state index in [4.69, 9.17) is 16.3 Å². The molecule has 29 heavy (non-hydrogen) atoms. The van der Waals surface area contributed by atoms with E-state index < -0.39 is 0 Å². The second-order valence-corrected chi connectivity index (χ2v) is 7.75. The van der Waals surface area contributed by atoms with Crippen molar-refractivity contribution in [1.29, 1.82) is 0 Å². The van der Waals surface area contributed by atoms with Crippen LogP contribution in [-0.2, 0) is 6.42 Å². The van der Waals surface area contributed by atoms with Crippen LogP contribution in [0.15, 0.2) is 41.4 Å². The van der Waals surface area contributed by atoms with E-state index in [-0.39, 0.29) is 17.0 Å². The first kappa shape index (κ1) is 23.3. The Labute approximate surface area is 191 Å². The van der Waals surface area contributed by atoms with Gasteiger partial charge < -0.3 is 9.64 Å². The lowest BCUT2D eigenvalue weighted by atomic mass is 10.1. The van der Waals surface area contributed by atoms with Gasteiger partial charge in [0, 0.05) is 36.6 Å². The highest BCUT2D eigenvalue weighted by molar-refractivity contribution is 8.93. The number of aliphatic imine (C=N–C) groups is 1. The molecule has 3 rings (SSSR count). The van der Waals surface area contributed by atoms with Crippen molar-refractivity contribution >= 4 is 52.1 Å². The summed E-state index contributed by atoms with van der Waals surface area (Å²) < 4.78 is 10.4. The molecule has 0 aliphatic heterocycles. The normalized spacial score (nSPS) is 10.8. The maximum Gasteiger partial charge on any atom is 0.298 e. The molecule has 0 fully saturated rings. The van der Waals surface area contributed by atoms with Gasteiger partial charge in [0.15, 0.2) is 5.82 Å². The monoisotopic (exact) mass is 494 g/mol. The number of aryl methyl sites for hydroxylation is 2. The Morgan fingerprint density at radius 3 is 2.59 bits per heavy atom. The molecular formula is C21H24BrClN4OS. The Hall–Kier alpha value is -1.96. The van der Waals surface area contributed by atoms with Crippen molar-refractivity contribution in [1.82, 2.24) is 14.3 Å². The van der Waals surface area contributed by atoms with Crippen LogP contribution in [0.2, 0.25) is 5.02 Å². The predicted octanol–water partition coefficient (Wildman–Crippen LogP) is 6.38. The first-order chi connectivity index (χ1) is 13.4. The van der Waals surface area contributed by atoms with Crippen LogP contribution in [0.1, 0.15) is 29.4 Å². The molecule has 0 aliphatic carbocycles. The van der Waals surface area contributed by atoms with E-state index in [9.17, 15) is 0 Å². The fraction of sp³-hybridized carbons (Fsp3) is 0.286. The molecule has 1 aromatic heterocycles. The van der Waals surface area contributed by atoms with Crippen molar-refractivity contribution in [3.05, 3.63) is 63.9 Å². The van der Waals surface area contributed by atoms with Gasteiger partial charge in [-0.05, 0) is 61.7 Å². The molecular weight excluding hydrogens is 472 g/mol. The second kappa shape index (κ2) is 10.7. The van der Waals surface area contributed by atoms with Crippen molar-refractivity contribution < 1.29 is 4.74 Å². The zero-order chi connectivity index (χ0) is 20.1. The average Bonchev–Trinajstić information content (AvgIpc) is 3.11. The lowest BCUT2D eigenvalue weighted by Gasteiger charge is -2.11. The molecule has 154 valence electrons. The van der Waals surface area contributed by atoms with E-state index >= 15 is 0 Å². The van der Waals surface area contributed by atoms with Crippen molar-refractivity contribution in [2.45, 2.75) is 27.2 Å². The molecule has 8 heteroatoms. The van der Waals surface area contributed by atoms with Gasteiger partial charge in [-0.25, -0.2) is 4.99 Å². The zero-order valence-electron chi connectivity index (χ0n) is 16.8. The van der Waals surface area contributed by atoms with E-state index in [0.29, 0.717) is 11.6 Å². The fourth-order valence-electron chi connectivity index (χ4n) is 2.50. The Kier molecular flexibility index (Phi) is 8.61. The number of halogens is 2. The number of benzene rings is 2. The summed E-state index contributed by atoms with van der Waals surface area (Å²) in [5, 5.41) is 1.26. The molecule has 0 N–H and O–H groups in total. The summed E-state index contributed by atoms with van der Waals surface area (Å²) in [6, 6.07) is 11.7. The van der Waals surface area contributed by atoms with E-state index in [0.717, 1.165) is 45.5 Å². The largest absolute Gasteiger partial charge is 0.430 e. The summed E-state index contributed by atoms with van der Waals surface area (Å²) in [5.41, 5.74) is 4.10. The Morgan fingerprint density at radius 2 is 1.90 bits per heavy atom. The van der Waals surface area contributed by atoms with Crippen LogP contribution in [-0.4, -0.2) is 34.2 Å². The molecule has 5 nitrogen and oxygen atoms in total. The summed E-state index contributed by atoms with van der Waals surface area (Å²) in [7, 11) is 2.00. The van der Waals surface area contributed by atoms with Gasteiger partial charge in [-0.15, -0.1) is 17.0 Å². The minimum Gasteiger partial charge on any atom is -0.430 e. The van der Waals surface area contributed by atoms with Gasteiger partial charge in [0.1, 0.15) is 5.75 Å². The molecule has 0 saturated carbocycles. The Morgan fingerprint density at radius 1 is 1.17 bits per heavy atom. The smallest absolute Gasteiger partial charge is 0.298 e. The molecule has 0 bridgehead atoms. The predicted molar refractivity (Wildman–Crippen MR) is 127 cm³/mol. The summed E-state index contributed by atoms with van der Waals surface area (Å²) in [4.78, 5) is 11.1. The topological polar surface area (TPSA) is 50.6 Å². The number of ether oxygens (including phenoxy) is 1. The molecule has 1 heterocycles. The maximum absolute atomic E-state index is 5.99. The summed E-state index contributed by atoms with van der Waals surface area (Å²) in [6.45, 7) is 7.03. The molecule has 0 atom stereocenters. The third-order valence-corrected chi connectivity index (χ3v) is 5.19. The molecule has 3 aromatic rings. The standard InChI is InChI=1S/C21H23ClN4OS.BrH/c1-5-26(4)13-23-18-10-15(3)19(11-14(18)2)27-21-24-20(25-28-21)12-16-6-8-17(22)9-7-16;/h6-11,13H,5,12H2,1-4H3;1H/b23-13-;. The maximum atomic E-state index is 5.99. The molecule has 2 aromatic carbocycles. The van der Waals surface area contributed by atoms with Gasteiger partial charge in [0.05, 0.1) is 12.0 Å². The van der Waals surface area contributed by atoms with Crippen molar-refractivity contribution in [3.63, 3.8) is 0 Å². The highest BCUT2D eigenvalue weighted by Gasteiger charge is 2.11. The van der Waals surface area contributed by atoms with Gasteiger partial charge in [-0.1, -0.05) is 23.7 Å². The highest BCUT2D eigenvalue weighted by atomic mass is 79.9. The van der Waals surface area contributed by atoms with Crippen LogP contribution < -0.4 is 4.74 Å². The van der Waals surface area contributed by atoms with Gasteiger partial charge in [0.25, 0.3) is 5.19 Å². The van der Waals surface area contributed by atoms with E-state index in [1.54, 1.807) is 0 Å². The van der Waals surface area contributed by atoms with Crippen LogP contribution in [0.3, 0.4) is 0 Å². The zero-order valence-corrected chi connectivity index (χ0v) is 20.1. The van der Waals surface area contributed by atoms with Crippen molar-refractivity contribution in [2.75, 3.05) is 13.6 Å². The summed E-state index contributed by atoms with van der Waals surface area (Å²) in [6.07, 6.45) is 2.49.